The number of fused-ring (bicyclic) bond motifs is 2. The standard InChI is InChI=1S/C26H36N4Se2/c1-17(2)27-21-13-9-10-14-22(21)28(18(3)4)25(27)31-32-26-29(19(5)6)23-15-11-12-16-24(23)30(26)20(7)8/h9-20H,1-8H3/q+2. The number of benzene rings is 2. The summed E-state index contributed by atoms with van der Waals surface area (Å²) in [7, 11) is 0. The van der Waals surface area contributed by atoms with Gasteiger partial charge in [-0.3, -0.25) is 0 Å². The van der Waals surface area contributed by atoms with Gasteiger partial charge in [0, 0.05) is 0 Å². The molecule has 6 heteroatoms. The fourth-order valence-corrected chi connectivity index (χ4v) is 13.3. The molecule has 2 aromatic heterocycles. The molecular formula is C26H36N4Se2+2. The Morgan fingerprint density at radius 3 is 1.22 bits per heavy atom. The van der Waals surface area contributed by atoms with Crippen molar-refractivity contribution in [1.82, 2.24) is 9.13 Å². The molecule has 0 amide bonds. The van der Waals surface area contributed by atoms with Crippen LogP contribution < -0.4 is 18.6 Å². The number of nitrogens with zero attached hydrogens (tertiary/aromatic N) is 4. The van der Waals surface area contributed by atoms with Gasteiger partial charge in [0.1, 0.15) is 0 Å². The Hall–Kier alpha value is -1.58. The van der Waals surface area contributed by atoms with Crippen LogP contribution in [-0.4, -0.2) is 35.4 Å². The fraction of sp³-hybridized carbons (Fsp3) is 0.462. The Labute approximate surface area is 203 Å². The number of imidazole rings is 2. The molecule has 0 aliphatic carbocycles. The van der Waals surface area contributed by atoms with E-state index in [0.29, 0.717) is 50.4 Å². The van der Waals surface area contributed by atoms with Gasteiger partial charge in [-0.05, 0) is 0 Å². The average molecular weight is 563 g/mol. The van der Waals surface area contributed by atoms with E-state index in [4.69, 9.17) is 0 Å². The van der Waals surface area contributed by atoms with Gasteiger partial charge in [-0.15, -0.1) is 0 Å². The molecule has 0 N–H and O–H groups in total. The van der Waals surface area contributed by atoms with E-state index in [2.05, 4.69) is 122 Å². The topological polar surface area (TPSA) is 17.6 Å². The van der Waals surface area contributed by atoms with Crippen molar-refractivity contribution in [2.75, 3.05) is 0 Å². The van der Waals surface area contributed by atoms with Gasteiger partial charge in [0.25, 0.3) is 0 Å². The maximum absolute atomic E-state index is 2.60. The third-order valence-electron chi connectivity index (χ3n) is 5.88. The van der Waals surface area contributed by atoms with Gasteiger partial charge in [0.15, 0.2) is 0 Å². The Bertz CT molecular complexity index is 1060. The molecule has 2 aromatic carbocycles. The van der Waals surface area contributed by atoms with E-state index in [9.17, 15) is 0 Å². The van der Waals surface area contributed by atoms with Crippen LogP contribution in [0.15, 0.2) is 48.5 Å². The molecule has 0 aliphatic heterocycles. The molecule has 0 aliphatic rings. The van der Waals surface area contributed by atoms with Gasteiger partial charge in [0.2, 0.25) is 0 Å². The Morgan fingerprint density at radius 1 is 0.562 bits per heavy atom. The Balaban J connectivity index is 1.90. The molecule has 0 saturated heterocycles. The molecule has 0 radical (unpaired) electrons. The third-order valence-corrected chi connectivity index (χ3v) is 12.5. The van der Waals surface area contributed by atoms with E-state index in [1.54, 1.807) is 0 Å². The van der Waals surface area contributed by atoms with Crippen molar-refractivity contribution in [1.29, 1.82) is 0 Å². The van der Waals surface area contributed by atoms with E-state index < -0.39 is 0 Å². The van der Waals surface area contributed by atoms with Crippen molar-refractivity contribution in [3.63, 3.8) is 0 Å². The van der Waals surface area contributed by atoms with Crippen LogP contribution in [0.2, 0.25) is 0 Å². The van der Waals surface area contributed by atoms with Crippen molar-refractivity contribution >= 4 is 57.8 Å². The zero-order chi connectivity index (χ0) is 23.2. The summed E-state index contributed by atoms with van der Waals surface area (Å²) in [6.45, 7) is 18.6. The van der Waals surface area contributed by atoms with Gasteiger partial charge in [-0.1, -0.05) is 0 Å². The first-order valence-corrected chi connectivity index (χ1v) is 17.7. The van der Waals surface area contributed by atoms with Crippen LogP contribution >= 0.6 is 0 Å². The number of hydrogen-bond donors (Lipinski definition) is 0. The summed E-state index contributed by atoms with van der Waals surface area (Å²) in [5.74, 6) is 0. The van der Waals surface area contributed by atoms with Crippen molar-refractivity contribution < 1.29 is 9.13 Å². The molecule has 0 fully saturated rings. The van der Waals surface area contributed by atoms with Crippen molar-refractivity contribution in [3.8, 4) is 0 Å². The molecule has 0 bridgehead atoms. The summed E-state index contributed by atoms with van der Waals surface area (Å²) in [6.07, 6.45) is 0. The molecule has 2 heterocycles. The van der Waals surface area contributed by atoms with Crippen LogP contribution in [0, 0.1) is 0 Å². The predicted octanol–water partition coefficient (Wildman–Crippen LogP) is 3.77. The summed E-state index contributed by atoms with van der Waals surface area (Å²) in [4.78, 5) is 0. The quantitative estimate of drug-likeness (QED) is 0.241. The second-order valence-corrected chi connectivity index (χ2v) is 15.4. The zero-order valence-corrected chi connectivity index (χ0v) is 24.0. The zero-order valence-electron chi connectivity index (χ0n) is 20.5. The number of hydrogen-bond acceptors (Lipinski definition) is 0. The summed E-state index contributed by atoms with van der Waals surface area (Å²) in [5.41, 5.74) is 5.46. The normalized spacial score (nSPS) is 12.5. The fourth-order valence-electron chi connectivity index (χ4n) is 4.62. The predicted molar refractivity (Wildman–Crippen MR) is 137 cm³/mol. The average Bonchev–Trinajstić information content (AvgIpc) is 3.24. The van der Waals surface area contributed by atoms with Gasteiger partial charge >= 0.3 is 204 Å². The van der Waals surface area contributed by atoms with Gasteiger partial charge < -0.3 is 0 Å². The SMILES string of the molecule is CC(C)n1c([Se][Se]c2n(C(C)C)c3ccccc3[n+]2C(C)C)[n+](C(C)C)c2ccccc21. The van der Waals surface area contributed by atoms with Crippen LogP contribution in [0.3, 0.4) is 0 Å². The first-order chi connectivity index (χ1) is 15.2. The van der Waals surface area contributed by atoms with Crippen LogP contribution in [-0.2, 0) is 0 Å². The molecule has 0 spiro atoms. The van der Waals surface area contributed by atoms with Crippen LogP contribution in [0.4, 0.5) is 0 Å². The molecule has 0 saturated carbocycles. The number of para-hydroxylation sites is 4. The van der Waals surface area contributed by atoms with E-state index in [1.807, 2.05) is 0 Å². The Kier molecular flexibility index (Phi) is 6.89. The molecule has 4 rings (SSSR count). The van der Waals surface area contributed by atoms with Gasteiger partial charge in [-0.2, -0.15) is 0 Å². The van der Waals surface area contributed by atoms with Gasteiger partial charge in [-0.25, -0.2) is 0 Å². The number of aromatic nitrogens is 4. The van der Waals surface area contributed by atoms with Crippen LogP contribution in [0.5, 0.6) is 0 Å². The van der Waals surface area contributed by atoms with E-state index >= 15 is 0 Å². The van der Waals surface area contributed by atoms with Crippen LogP contribution in [0.25, 0.3) is 22.1 Å². The summed E-state index contributed by atoms with van der Waals surface area (Å²) in [5, 5.41) is 0. The molecule has 0 unspecified atom stereocenters. The van der Waals surface area contributed by atoms with Crippen molar-refractivity contribution in [2.24, 2.45) is 0 Å². The minimum absolute atomic E-state index is 0.359. The third kappa shape index (κ3) is 3.96. The van der Waals surface area contributed by atoms with E-state index in [-0.39, 0.29) is 0 Å². The Morgan fingerprint density at radius 2 is 0.906 bits per heavy atom. The van der Waals surface area contributed by atoms with E-state index in [0.717, 1.165) is 0 Å². The molecule has 32 heavy (non-hydrogen) atoms. The van der Waals surface area contributed by atoms with Crippen molar-refractivity contribution in [2.45, 2.75) is 79.6 Å². The second-order valence-electron chi connectivity index (χ2n) is 9.56. The summed E-state index contributed by atoms with van der Waals surface area (Å²) < 4.78 is 13.4. The molecular weight excluding hydrogens is 526 g/mol. The molecule has 4 aromatic rings. The molecule has 170 valence electrons. The molecule has 0 atom stereocenters. The summed E-state index contributed by atoms with van der Waals surface area (Å²) >= 11 is 0.719. The van der Waals surface area contributed by atoms with E-state index in [1.165, 1.54) is 31.5 Å². The monoisotopic (exact) mass is 564 g/mol. The minimum atomic E-state index is 0.359. The maximum atomic E-state index is 2.60. The summed E-state index contributed by atoms with van der Waals surface area (Å²) in [6, 6.07) is 19.7. The molecule has 4 nitrogen and oxygen atoms in total. The van der Waals surface area contributed by atoms with Crippen LogP contribution in [0.1, 0.15) is 79.6 Å². The first-order valence-electron chi connectivity index (χ1n) is 11.7. The first kappa shape index (κ1) is 23.6. The number of rotatable bonds is 7. The second kappa shape index (κ2) is 9.35. The van der Waals surface area contributed by atoms with Gasteiger partial charge in [0.05, 0.1) is 0 Å². The van der Waals surface area contributed by atoms with Crippen molar-refractivity contribution in [3.05, 3.63) is 48.5 Å².